The fraction of sp³-hybridized carbons (Fsp3) is 0.929. The van der Waals surface area contributed by atoms with Crippen molar-refractivity contribution in [3.63, 3.8) is 0 Å². The lowest BCUT2D eigenvalue weighted by Gasteiger charge is -2.34. The van der Waals surface area contributed by atoms with Crippen LogP contribution in [0.3, 0.4) is 0 Å². The number of ether oxygens (including phenoxy) is 1. The van der Waals surface area contributed by atoms with Gasteiger partial charge in [0.2, 0.25) is 5.91 Å². The van der Waals surface area contributed by atoms with Crippen molar-refractivity contribution in [3.05, 3.63) is 0 Å². The fourth-order valence-corrected chi connectivity index (χ4v) is 2.40. The first kappa shape index (κ1) is 15.4. The summed E-state index contributed by atoms with van der Waals surface area (Å²) in [6.45, 7) is 8.61. The van der Waals surface area contributed by atoms with Gasteiger partial charge in [0.25, 0.3) is 0 Å². The molecule has 1 fully saturated rings. The van der Waals surface area contributed by atoms with Crippen LogP contribution in [0.15, 0.2) is 0 Å². The van der Waals surface area contributed by atoms with Gasteiger partial charge < -0.3 is 15.4 Å². The number of hydrogen-bond donors (Lipinski definition) is 1. The molecule has 0 bridgehead atoms. The van der Waals surface area contributed by atoms with E-state index in [2.05, 4.69) is 20.8 Å². The monoisotopic (exact) mass is 256 g/mol. The highest BCUT2D eigenvalue weighted by Gasteiger charge is 2.27. The van der Waals surface area contributed by atoms with Crippen molar-refractivity contribution in [2.75, 3.05) is 19.7 Å². The zero-order valence-corrected chi connectivity index (χ0v) is 12.0. The molecule has 0 aromatic rings. The van der Waals surface area contributed by atoms with Crippen LogP contribution in [0.4, 0.5) is 0 Å². The van der Waals surface area contributed by atoms with Crippen LogP contribution in [0.2, 0.25) is 0 Å². The molecule has 1 aliphatic heterocycles. The quantitative estimate of drug-likeness (QED) is 0.788. The van der Waals surface area contributed by atoms with Gasteiger partial charge in [-0.15, -0.1) is 0 Å². The van der Waals surface area contributed by atoms with Gasteiger partial charge in [0.05, 0.1) is 12.1 Å². The van der Waals surface area contributed by atoms with Crippen molar-refractivity contribution in [1.82, 2.24) is 4.90 Å². The Morgan fingerprint density at radius 1 is 1.50 bits per heavy atom. The molecule has 1 saturated heterocycles. The Morgan fingerprint density at radius 2 is 2.22 bits per heavy atom. The third-order valence-corrected chi connectivity index (χ3v) is 3.29. The molecule has 2 N–H and O–H groups in total. The Hall–Kier alpha value is -0.610. The maximum atomic E-state index is 12.2. The van der Waals surface area contributed by atoms with Crippen LogP contribution in [0, 0.1) is 5.92 Å². The second kappa shape index (κ2) is 7.74. The Morgan fingerprint density at radius 3 is 2.83 bits per heavy atom. The summed E-state index contributed by atoms with van der Waals surface area (Å²) in [6, 6.07) is -0.352. The first-order valence-corrected chi connectivity index (χ1v) is 7.20. The molecular weight excluding hydrogens is 228 g/mol. The number of hydrogen-bond acceptors (Lipinski definition) is 3. The second-order valence-corrected chi connectivity index (χ2v) is 5.66. The molecule has 0 radical (unpaired) electrons. The highest BCUT2D eigenvalue weighted by atomic mass is 16.5. The van der Waals surface area contributed by atoms with Crippen LogP contribution >= 0.6 is 0 Å². The number of nitrogens with two attached hydrogens (primary N) is 1. The predicted octanol–water partition coefficient (Wildman–Crippen LogP) is 1.78. The van der Waals surface area contributed by atoms with Crippen molar-refractivity contribution in [2.45, 2.75) is 58.6 Å². The zero-order chi connectivity index (χ0) is 13.5. The molecule has 4 nitrogen and oxygen atoms in total. The summed E-state index contributed by atoms with van der Waals surface area (Å²) in [6.07, 6.45) is 4.07. The van der Waals surface area contributed by atoms with Crippen molar-refractivity contribution in [1.29, 1.82) is 0 Å². The smallest absolute Gasteiger partial charge is 0.239 e. The maximum absolute atomic E-state index is 12.2. The fourth-order valence-electron chi connectivity index (χ4n) is 2.40. The number of carbonyl (C=O) groups is 1. The average Bonchev–Trinajstić information content (AvgIpc) is 2.35. The lowest BCUT2D eigenvalue weighted by atomic mass is 10.0. The van der Waals surface area contributed by atoms with Gasteiger partial charge in [0.15, 0.2) is 0 Å². The summed E-state index contributed by atoms with van der Waals surface area (Å²) in [5, 5.41) is 0. The summed E-state index contributed by atoms with van der Waals surface area (Å²) in [4.78, 5) is 14.1. The maximum Gasteiger partial charge on any atom is 0.239 e. The Kier molecular flexibility index (Phi) is 6.65. The molecule has 4 heteroatoms. The average molecular weight is 256 g/mol. The van der Waals surface area contributed by atoms with E-state index in [1.165, 1.54) is 0 Å². The van der Waals surface area contributed by atoms with E-state index in [9.17, 15) is 4.79 Å². The van der Waals surface area contributed by atoms with E-state index in [4.69, 9.17) is 10.5 Å². The molecule has 1 aliphatic rings. The SMILES string of the molecule is CCCOC1CCCN(C(=O)[C@H](N)CC(C)C)C1. The molecule has 0 spiro atoms. The number of amides is 1. The molecule has 106 valence electrons. The van der Waals surface area contributed by atoms with Crippen LogP contribution in [-0.2, 0) is 9.53 Å². The minimum absolute atomic E-state index is 0.0912. The number of nitrogens with zero attached hydrogens (tertiary/aromatic N) is 1. The first-order chi connectivity index (χ1) is 8.54. The standard InChI is InChI=1S/C14H28N2O2/c1-4-8-18-12-6-5-7-16(10-12)14(17)13(15)9-11(2)3/h11-13H,4-10,15H2,1-3H3/t12?,13-/m1/s1. The van der Waals surface area contributed by atoms with Gasteiger partial charge in [-0.2, -0.15) is 0 Å². The summed E-state index contributed by atoms with van der Waals surface area (Å²) >= 11 is 0. The van der Waals surface area contributed by atoms with Gasteiger partial charge in [0, 0.05) is 19.7 Å². The summed E-state index contributed by atoms with van der Waals surface area (Å²) < 4.78 is 5.74. The molecular formula is C14H28N2O2. The minimum Gasteiger partial charge on any atom is -0.376 e. The largest absolute Gasteiger partial charge is 0.376 e. The number of carbonyl (C=O) groups excluding carboxylic acids is 1. The van der Waals surface area contributed by atoms with E-state index in [1.807, 2.05) is 4.90 Å². The Labute approximate surface area is 111 Å². The van der Waals surface area contributed by atoms with Crippen LogP contribution in [0.1, 0.15) is 46.5 Å². The van der Waals surface area contributed by atoms with Crippen LogP contribution in [-0.4, -0.2) is 42.6 Å². The van der Waals surface area contributed by atoms with Gasteiger partial charge in [0.1, 0.15) is 0 Å². The van der Waals surface area contributed by atoms with E-state index in [1.54, 1.807) is 0 Å². The first-order valence-electron chi connectivity index (χ1n) is 7.20. The third-order valence-electron chi connectivity index (χ3n) is 3.29. The van der Waals surface area contributed by atoms with Gasteiger partial charge in [-0.3, -0.25) is 4.79 Å². The predicted molar refractivity (Wildman–Crippen MR) is 73.3 cm³/mol. The molecule has 0 aromatic carbocycles. The molecule has 0 aliphatic carbocycles. The van der Waals surface area contributed by atoms with Crippen molar-refractivity contribution < 1.29 is 9.53 Å². The molecule has 1 rings (SSSR count). The normalized spacial score (nSPS) is 22.3. The third kappa shape index (κ3) is 4.94. The summed E-state index contributed by atoms with van der Waals surface area (Å²) in [5.41, 5.74) is 5.96. The Bertz CT molecular complexity index is 256. The van der Waals surface area contributed by atoms with Crippen LogP contribution in [0.5, 0.6) is 0 Å². The van der Waals surface area contributed by atoms with Crippen LogP contribution in [0.25, 0.3) is 0 Å². The van der Waals surface area contributed by atoms with Crippen molar-refractivity contribution >= 4 is 5.91 Å². The zero-order valence-electron chi connectivity index (χ0n) is 12.0. The van der Waals surface area contributed by atoms with E-state index in [-0.39, 0.29) is 18.1 Å². The molecule has 0 aromatic heterocycles. The molecule has 1 amide bonds. The van der Waals surface area contributed by atoms with Gasteiger partial charge in [-0.1, -0.05) is 20.8 Å². The van der Waals surface area contributed by atoms with Gasteiger partial charge in [-0.05, 0) is 31.6 Å². The highest BCUT2D eigenvalue weighted by molar-refractivity contribution is 5.81. The number of likely N-dealkylation sites (tertiary alicyclic amines) is 1. The van der Waals surface area contributed by atoms with Crippen LogP contribution < -0.4 is 5.73 Å². The van der Waals surface area contributed by atoms with Gasteiger partial charge in [-0.25, -0.2) is 0 Å². The lowest BCUT2D eigenvalue weighted by molar-refractivity contribution is -0.137. The Balaban J connectivity index is 2.42. The number of piperidine rings is 1. The molecule has 1 heterocycles. The summed E-state index contributed by atoms with van der Waals surface area (Å²) in [5.74, 6) is 0.550. The molecule has 1 unspecified atom stereocenters. The van der Waals surface area contributed by atoms with E-state index in [0.717, 1.165) is 38.8 Å². The second-order valence-electron chi connectivity index (χ2n) is 5.66. The number of rotatable bonds is 6. The van der Waals surface area contributed by atoms with E-state index < -0.39 is 0 Å². The molecule has 2 atom stereocenters. The molecule has 18 heavy (non-hydrogen) atoms. The van der Waals surface area contributed by atoms with Crippen molar-refractivity contribution in [3.8, 4) is 0 Å². The van der Waals surface area contributed by atoms with Crippen molar-refractivity contribution in [2.24, 2.45) is 11.7 Å². The molecule has 0 saturated carbocycles. The summed E-state index contributed by atoms with van der Waals surface area (Å²) in [7, 11) is 0. The van der Waals surface area contributed by atoms with E-state index in [0.29, 0.717) is 12.5 Å². The minimum atomic E-state index is -0.352. The lowest BCUT2D eigenvalue weighted by Crippen LogP contribution is -2.50. The highest BCUT2D eigenvalue weighted by Crippen LogP contribution is 2.15. The topological polar surface area (TPSA) is 55.6 Å². The van der Waals surface area contributed by atoms with E-state index >= 15 is 0 Å². The van der Waals surface area contributed by atoms with Gasteiger partial charge >= 0.3 is 0 Å².